The summed E-state index contributed by atoms with van der Waals surface area (Å²) in [5.74, 6) is -0.349. The molecule has 0 bridgehead atoms. The molecule has 0 aliphatic rings. The Balaban J connectivity index is 2.21. The highest BCUT2D eigenvalue weighted by Gasteiger charge is 2.06. The van der Waals surface area contributed by atoms with Crippen LogP contribution in [-0.4, -0.2) is 0 Å². The lowest BCUT2D eigenvalue weighted by molar-refractivity contribution is 0.625. The van der Waals surface area contributed by atoms with E-state index in [4.69, 9.17) is 16.9 Å². The molecule has 0 fully saturated rings. The van der Waals surface area contributed by atoms with Crippen molar-refractivity contribution in [1.82, 2.24) is 0 Å². The Morgan fingerprint density at radius 2 is 2.11 bits per heavy atom. The maximum Gasteiger partial charge on any atom is 0.123 e. The maximum atomic E-state index is 13.2. The predicted molar refractivity (Wildman–Crippen MR) is 74.6 cm³/mol. The van der Waals surface area contributed by atoms with Gasteiger partial charge in [0.05, 0.1) is 11.6 Å². The number of nitriles is 1. The van der Waals surface area contributed by atoms with Crippen molar-refractivity contribution in [2.45, 2.75) is 13.5 Å². The zero-order valence-corrected chi connectivity index (χ0v) is 11.1. The maximum absolute atomic E-state index is 13.2. The second-order valence-electron chi connectivity index (χ2n) is 4.18. The Kier molecular flexibility index (Phi) is 4.03. The Morgan fingerprint density at radius 1 is 1.32 bits per heavy atom. The second-order valence-corrected chi connectivity index (χ2v) is 4.59. The molecule has 19 heavy (non-hydrogen) atoms. The first kappa shape index (κ1) is 13.4. The van der Waals surface area contributed by atoms with Gasteiger partial charge in [0.25, 0.3) is 0 Å². The summed E-state index contributed by atoms with van der Waals surface area (Å²) < 4.78 is 13.2. The summed E-state index contributed by atoms with van der Waals surface area (Å²) in [6.07, 6.45) is 0. The second kappa shape index (κ2) is 5.73. The van der Waals surface area contributed by atoms with Gasteiger partial charge in [-0.1, -0.05) is 17.7 Å². The van der Waals surface area contributed by atoms with Gasteiger partial charge in [0.2, 0.25) is 0 Å². The van der Waals surface area contributed by atoms with Gasteiger partial charge < -0.3 is 5.32 Å². The average molecular weight is 275 g/mol. The zero-order chi connectivity index (χ0) is 13.8. The van der Waals surface area contributed by atoms with Gasteiger partial charge in [0, 0.05) is 17.3 Å². The monoisotopic (exact) mass is 274 g/mol. The third kappa shape index (κ3) is 3.04. The summed E-state index contributed by atoms with van der Waals surface area (Å²) in [5.41, 5.74) is 2.90. The van der Waals surface area contributed by atoms with Crippen molar-refractivity contribution in [3.05, 3.63) is 63.9 Å². The normalized spacial score (nSPS) is 10.0. The number of hydrogen-bond donors (Lipinski definition) is 1. The van der Waals surface area contributed by atoms with Crippen molar-refractivity contribution >= 4 is 17.3 Å². The topological polar surface area (TPSA) is 35.8 Å². The fraction of sp³-hybridized carbons (Fsp3) is 0.133. The van der Waals surface area contributed by atoms with E-state index in [0.29, 0.717) is 22.7 Å². The smallest absolute Gasteiger partial charge is 0.123 e. The number of nitrogens with one attached hydrogen (secondary N) is 1. The van der Waals surface area contributed by atoms with E-state index >= 15 is 0 Å². The van der Waals surface area contributed by atoms with E-state index in [1.54, 1.807) is 0 Å². The van der Waals surface area contributed by atoms with Gasteiger partial charge in [0.1, 0.15) is 5.82 Å². The van der Waals surface area contributed by atoms with Crippen molar-refractivity contribution in [3.8, 4) is 6.07 Å². The number of anilines is 1. The van der Waals surface area contributed by atoms with E-state index in [0.717, 1.165) is 11.3 Å². The summed E-state index contributed by atoms with van der Waals surface area (Å²) in [6.45, 7) is 2.28. The molecule has 0 amide bonds. The molecule has 0 radical (unpaired) electrons. The minimum Gasteiger partial charge on any atom is -0.381 e. The van der Waals surface area contributed by atoms with Crippen LogP contribution < -0.4 is 5.32 Å². The third-order valence-electron chi connectivity index (χ3n) is 2.92. The standard InChI is InChI=1S/C15H12ClFN2/c1-10-14(16)3-2-4-15(10)19-9-12-7-13(17)6-5-11(12)8-18/h2-7,19H,9H2,1H3. The molecule has 0 heterocycles. The van der Waals surface area contributed by atoms with Crippen molar-refractivity contribution in [1.29, 1.82) is 5.26 Å². The first-order chi connectivity index (χ1) is 9.11. The lowest BCUT2D eigenvalue weighted by Gasteiger charge is -2.11. The molecule has 0 saturated heterocycles. The lowest BCUT2D eigenvalue weighted by Crippen LogP contribution is -2.03. The van der Waals surface area contributed by atoms with Crippen LogP contribution in [0.25, 0.3) is 0 Å². The Hall–Kier alpha value is -2.05. The SMILES string of the molecule is Cc1c(Cl)cccc1NCc1cc(F)ccc1C#N. The molecule has 0 saturated carbocycles. The number of hydrogen-bond acceptors (Lipinski definition) is 2. The Labute approximate surface area is 116 Å². The molecule has 0 aliphatic carbocycles. The van der Waals surface area contributed by atoms with Crippen LogP contribution in [0.15, 0.2) is 36.4 Å². The van der Waals surface area contributed by atoms with Gasteiger partial charge in [-0.25, -0.2) is 4.39 Å². The first-order valence-corrected chi connectivity index (χ1v) is 6.17. The first-order valence-electron chi connectivity index (χ1n) is 5.79. The van der Waals surface area contributed by atoms with E-state index in [-0.39, 0.29) is 5.82 Å². The molecular formula is C15H12ClFN2. The molecule has 0 unspecified atom stereocenters. The lowest BCUT2D eigenvalue weighted by atomic mass is 10.1. The van der Waals surface area contributed by atoms with E-state index in [1.165, 1.54) is 18.2 Å². The number of rotatable bonds is 3. The summed E-state index contributed by atoms with van der Waals surface area (Å²) in [7, 11) is 0. The Morgan fingerprint density at radius 3 is 2.84 bits per heavy atom. The molecule has 96 valence electrons. The third-order valence-corrected chi connectivity index (χ3v) is 3.33. The van der Waals surface area contributed by atoms with Gasteiger partial charge in [-0.05, 0) is 48.4 Å². The molecule has 2 aromatic rings. The Bertz CT molecular complexity index is 647. The van der Waals surface area contributed by atoms with Gasteiger partial charge >= 0.3 is 0 Å². The van der Waals surface area contributed by atoms with Gasteiger partial charge in [-0.3, -0.25) is 0 Å². The predicted octanol–water partition coefficient (Wildman–Crippen LogP) is 4.27. The van der Waals surface area contributed by atoms with Gasteiger partial charge in [-0.15, -0.1) is 0 Å². The van der Waals surface area contributed by atoms with Crippen LogP contribution in [-0.2, 0) is 6.54 Å². The van der Waals surface area contributed by atoms with Crippen LogP contribution in [0.3, 0.4) is 0 Å². The summed E-state index contributed by atoms with van der Waals surface area (Å²) in [5, 5.41) is 12.8. The van der Waals surface area contributed by atoms with Gasteiger partial charge in [-0.2, -0.15) is 5.26 Å². The zero-order valence-electron chi connectivity index (χ0n) is 10.4. The van der Waals surface area contributed by atoms with Crippen LogP contribution in [0.5, 0.6) is 0 Å². The molecule has 4 heteroatoms. The number of halogens is 2. The van der Waals surface area contributed by atoms with E-state index in [1.807, 2.05) is 25.1 Å². The fourth-order valence-electron chi connectivity index (χ4n) is 1.81. The van der Waals surface area contributed by atoms with Crippen molar-refractivity contribution in [2.24, 2.45) is 0 Å². The highest BCUT2D eigenvalue weighted by Crippen LogP contribution is 2.23. The van der Waals surface area contributed by atoms with Crippen LogP contribution in [0.1, 0.15) is 16.7 Å². The molecule has 0 atom stereocenters. The largest absolute Gasteiger partial charge is 0.381 e. The number of benzene rings is 2. The van der Waals surface area contributed by atoms with Crippen molar-refractivity contribution in [2.75, 3.05) is 5.32 Å². The molecule has 0 aromatic heterocycles. The molecule has 2 nitrogen and oxygen atoms in total. The van der Waals surface area contributed by atoms with E-state index in [9.17, 15) is 4.39 Å². The average Bonchev–Trinajstić information content (AvgIpc) is 2.40. The number of nitrogens with zero attached hydrogens (tertiary/aromatic N) is 1. The van der Waals surface area contributed by atoms with E-state index in [2.05, 4.69) is 11.4 Å². The van der Waals surface area contributed by atoms with Crippen LogP contribution in [0, 0.1) is 24.1 Å². The fourth-order valence-corrected chi connectivity index (χ4v) is 1.98. The van der Waals surface area contributed by atoms with Crippen molar-refractivity contribution in [3.63, 3.8) is 0 Å². The van der Waals surface area contributed by atoms with Crippen LogP contribution in [0.4, 0.5) is 10.1 Å². The molecule has 1 N–H and O–H groups in total. The van der Waals surface area contributed by atoms with Gasteiger partial charge in [0.15, 0.2) is 0 Å². The molecular weight excluding hydrogens is 263 g/mol. The van der Waals surface area contributed by atoms with Crippen LogP contribution in [0.2, 0.25) is 5.02 Å². The highest BCUT2D eigenvalue weighted by atomic mass is 35.5. The minimum absolute atomic E-state index is 0.349. The summed E-state index contributed by atoms with van der Waals surface area (Å²) in [4.78, 5) is 0. The molecule has 2 aromatic carbocycles. The quantitative estimate of drug-likeness (QED) is 0.907. The van der Waals surface area contributed by atoms with E-state index < -0.39 is 0 Å². The molecule has 2 rings (SSSR count). The summed E-state index contributed by atoms with van der Waals surface area (Å²) in [6, 6.07) is 11.7. The minimum atomic E-state index is -0.349. The highest BCUT2D eigenvalue weighted by molar-refractivity contribution is 6.31. The van der Waals surface area contributed by atoms with Crippen LogP contribution >= 0.6 is 11.6 Å². The molecule has 0 aliphatic heterocycles. The van der Waals surface area contributed by atoms with Crippen molar-refractivity contribution < 1.29 is 4.39 Å². The molecule has 0 spiro atoms. The summed E-state index contributed by atoms with van der Waals surface area (Å²) >= 11 is 6.03.